The Kier molecular flexibility index (Phi) is 12.2. The van der Waals surface area contributed by atoms with Gasteiger partial charge in [-0.1, -0.05) is 44.3 Å². The molecule has 0 aromatic heterocycles. The van der Waals surface area contributed by atoms with Crippen molar-refractivity contribution in [3.05, 3.63) is 12.2 Å². The van der Waals surface area contributed by atoms with E-state index < -0.39 is 6.10 Å². The Hall–Kier alpha value is -1.20. The fourth-order valence-corrected chi connectivity index (χ4v) is 3.66. The summed E-state index contributed by atoms with van der Waals surface area (Å²) in [5, 5.41) is 18.9. The van der Waals surface area contributed by atoms with Crippen molar-refractivity contribution in [1.29, 1.82) is 0 Å². The molecule has 0 heterocycles. The zero-order valence-corrected chi connectivity index (χ0v) is 16.2. The number of Topliss-reactive ketones (excluding diaryl/α,β-unsaturated/α-hetero) is 1. The normalized spacial score (nSPS) is 23.0. The number of carbonyl (C=O) groups is 2. The molecule has 0 aliphatic heterocycles. The molecule has 1 fully saturated rings. The van der Waals surface area contributed by atoms with Crippen LogP contribution in [0.5, 0.6) is 0 Å². The maximum atomic E-state index is 12.2. The van der Waals surface area contributed by atoms with Crippen molar-refractivity contribution >= 4 is 11.8 Å². The number of carbonyl (C=O) groups excluding carboxylic acids is 2. The highest BCUT2D eigenvalue weighted by molar-refractivity contribution is 5.84. The molecule has 0 unspecified atom stereocenters. The van der Waals surface area contributed by atoms with E-state index in [1.54, 1.807) is 0 Å². The first-order valence-electron chi connectivity index (χ1n) is 10.1. The molecule has 1 aliphatic rings. The van der Waals surface area contributed by atoms with Crippen molar-refractivity contribution in [3.63, 3.8) is 0 Å². The summed E-state index contributed by atoms with van der Waals surface area (Å²) in [7, 11) is 1.40. The number of hydrogen-bond acceptors (Lipinski definition) is 5. The van der Waals surface area contributed by atoms with Crippen LogP contribution < -0.4 is 0 Å². The average molecular weight is 369 g/mol. The Bertz CT molecular complexity index is 432. The van der Waals surface area contributed by atoms with E-state index in [1.807, 2.05) is 6.08 Å². The zero-order valence-electron chi connectivity index (χ0n) is 16.2. The third-order valence-corrected chi connectivity index (χ3v) is 5.24. The first kappa shape index (κ1) is 22.8. The van der Waals surface area contributed by atoms with Gasteiger partial charge >= 0.3 is 5.97 Å². The van der Waals surface area contributed by atoms with Crippen molar-refractivity contribution in [3.8, 4) is 0 Å². The lowest BCUT2D eigenvalue weighted by Gasteiger charge is -2.17. The molecular formula is C21H36O5. The Labute approximate surface area is 157 Å². The largest absolute Gasteiger partial charge is 0.469 e. The van der Waals surface area contributed by atoms with Gasteiger partial charge in [0.1, 0.15) is 5.78 Å². The minimum atomic E-state index is -0.544. The van der Waals surface area contributed by atoms with Crippen LogP contribution in [-0.4, -0.2) is 41.8 Å². The summed E-state index contributed by atoms with van der Waals surface area (Å²) in [6.07, 6.45) is 14.0. The summed E-state index contributed by atoms with van der Waals surface area (Å²) in [6.45, 7) is 0.261. The minimum absolute atomic E-state index is 0.0463. The van der Waals surface area contributed by atoms with Crippen molar-refractivity contribution < 1.29 is 24.5 Å². The molecule has 1 saturated carbocycles. The number of esters is 1. The molecule has 1 rings (SSSR count). The standard InChI is InChI=1S/C21H36O5/c1-26-21(25)14-10-6-5-9-13-18-17(19(23)16-20(18)24)12-8-4-2-3-7-11-15-22/h8,12,17-19,22-23H,2-7,9-11,13-16H2,1H3/t17-,18-,19+/m0/s1. The lowest BCUT2D eigenvalue weighted by molar-refractivity contribution is -0.140. The number of ether oxygens (including phenoxy) is 1. The molecule has 0 bridgehead atoms. The van der Waals surface area contributed by atoms with E-state index in [4.69, 9.17) is 5.11 Å². The second-order valence-corrected chi connectivity index (χ2v) is 7.31. The van der Waals surface area contributed by atoms with Gasteiger partial charge in [0.2, 0.25) is 0 Å². The quantitative estimate of drug-likeness (QED) is 0.278. The lowest BCUT2D eigenvalue weighted by Crippen LogP contribution is -2.18. The SMILES string of the molecule is COC(=O)CCCCCC[C@@H]1C(=O)C[C@@H](O)[C@H]1C=CCCCCCCO. The first-order chi connectivity index (χ1) is 12.6. The van der Waals surface area contributed by atoms with E-state index in [0.29, 0.717) is 6.42 Å². The fraction of sp³-hybridized carbons (Fsp3) is 0.810. The number of unbranched alkanes of at least 4 members (excludes halogenated alkanes) is 7. The van der Waals surface area contributed by atoms with E-state index in [0.717, 1.165) is 64.2 Å². The van der Waals surface area contributed by atoms with Crippen molar-refractivity contribution in [2.45, 2.75) is 83.2 Å². The molecule has 5 heteroatoms. The van der Waals surface area contributed by atoms with Crippen LogP contribution in [0.1, 0.15) is 77.0 Å². The van der Waals surface area contributed by atoms with Crippen LogP contribution in [-0.2, 0) is 14.3 Å². The van der Waals surface area contributed by atoms with Gasteiger partial charge < -0.3 is 14.9 Å². The molecule has 150 valence electrons. The molecule has 26 heavy (non-hydrogen) atoms. The molecule has 0 amide bonds. The Balaban J connectivity index is 2.26. The Morgan fingerprint density at radius 3 is 2.54 bits per heavy atom. The maximum Gasteiger partial charge on any atom is 0.305 e. The topological polar surface area (TPSA) is 83.8 Å². The van der Waals surface area contributed by atoms with E-state index in [2.05, 4.69) is 10.8 Å². The van der Waals surface area contributed by atoms with Gasteiger partial charge in [-0.25, -0.2) is 0 Å². The molecule has 2 N–H and O–H groups in total. The van der Waals surface area contributed by atoms with Gasteiger partial charge in [-0.05, 0) is 32.1 Å². The van der Waals surface area contributed by atoms with E-state index >= 15 is 0 Å². The van der Waals surface area contributed by atoms with Crippen LogP contribution in [0.25, 0.3) is 0 Å². The zero-order chi connectivity index (χ0) is 19.2. The van der Waals surface area contributed by atoms with Crippen LogP contribution in [0.3, 0.4) is 0 Å². The number of hydrogen-bond donors (Lipinski definition) is 2. The molecule has 0 aromatic carbocycles. The predicted molar refractivity (Wildman–Crippen MR) is 102 cm³/mol. The van der Waals surface area contributed by atoms with Crippen LogP contribution in [0, 0.1) is 11.8 Å². The van der Waals surface area contributed by atoms with Crippen LogP contribution in [0.4, 0.5) is 0 Å². The summed E-state index contributed by atoms with van der Waals surface area (Å²) in [6, 6.07) is 0. The van der Waals surface area contributed by atoms with Crippen molar-refractivity contribution in [2.24, 2.45) is 11.8 Å². The van der Waals surface area contributed by atoms with Crippen molar-refractivity contribution in [2.75, 3.05) is 13.7 Å². The van der Waals surface area contributed by atoms with Crippen molar-refractivity contribution in [1.82, 2.24) is 0 Å². The highest BCUT2D eigenvalue weighted by Gasteiger charge is 2.39. The fourth-order valence-electron chi connectivity index (χ4n) is 3.66. The number of aliphatic hydroxyl groups excluding tert-OH is 2. The summed E-state index contributed by atoms with van der Waals surface area (Å²) >= 11 is 0. The molecule has 3 atom stereocenters. The van der Waals surface area contributed by atoms with Gasteiger partial charge in [0.05, 0.1) is 13.2 Å². The van der Waals surface area contributed by atoms with Crippen LogP contribution >= 0.6 is 0 Å². The summed E-state index contributed by atoms with van der Waals surface area (Å²) in [5.74, 6) is -0.0865. The van der Waals surface area contributed by atoms with E-state index in [9.17, 15) is 14.7 Å². The summed E-state index contributed by atoms with van der Waals surface area (Å²) < 4.78 is 4.62. The highest BCUT2D eigenvalue weighted by atomic mass is 16.5. The number of allylic oxidation sites excluding steroid dienone is 1. The minimum Gasteiger partial charge on any atom is -0.469 e. The van der Waals surface area contributed by atoms with E-state index in [-0.39, 0.29) is 36.6 Å². The lowest BCUT2D eigenvalue weighted by atomic mass is 9.88. The predicted octanol–water partition coefficient (Wildman–Crippen LogP) is 3.57. The Morgan fingerprint density at radius 2 is 1.81 bits per heavy atom. The molecule has 0 saturated heterocycles. The molecule has 0 aromatic rings. The van der Waals surface area contributed by atoms with Crippen LogP contribution in [0.2, 0.25) is 0 Å². The van der Waals surface area contributed by atoms with Gasteiger partial charge in [0, 0.05) is 31.3 Å². The Morgan fingerprint density at radius 1 is 1.12 bits per heavy atom. The first-order valence-corrected chi connectivity index (χ1v) is 10.1. The molecule has 5 nitrogen and oxygen atoms in total. The van der Waals surface area contributed by atoms with Gasteiger partial charge in [-0.15, -0.1) is 0 Å². The van der Waals surface area contributed by atoms with E-state index in [1.165, 1.54) is 7.11 Å². The number of ketones is 1. The van der Waals surface area contributed by atoms with Gasteiger partial charge in [0.25, 0.3) is 0 Å². The van der Waals surface area contributed by atoms with Gasteiger partial charge in [-0.3, -0.25) is 9.59 Å². The summed E-state index contributed by atoms with van der Waals surface area (Å²) in [5.41, 5.74) is 0. The highest BCUT2D eigenvalue weighted by Crippen LogP contribution is 2.34. The maximum absolute atomic E-state index is 12.2. The number of rotatable bonds is 14. The van der Waals surface area contributed by atoms with Gasteiger partial charge in [-0.2, -0.15) is 0 Å². The molecular weight excluding hydrogens is 332 g/mol. The smallest absolute Gasteiger partial charge is 0.305 e. The monoisotopic (exact) mass is 368 g/mol. The second-order valence-electron chi connectivity index (χ2n) is 7.31. The molecule has 0 spiro atoms. The summed E-state index contributed by atoms with van der Waals surface area (Å²) in [4.78, 5) is 23.2. The third kappa shape index (κ3) is 8.95. The van der Waals surface area contributed by atoms with Gasteiger partial charge in [0.15, 0.2) is 0 Å². The third-order valence-electron chi connectivity index (χ3n) is 5.24. The molecule has 1 aliphatic carbocycles. The molecule has 0 radical (unpaired) electrons. The number of methoxy groups -OCH3 is 1. The van der Waals surface area contributed by atoms with Crippen LogP contribution in [0.15, 0.2) is 12.2 Å². The average Bonchev–Trinajstić information content (AvgIpc) is 2.90. The second kappa shape index (κ2) is 13.9. The number of aliphatic hydroxyl groups is 2.